The Bertz CT molecular complexity index is 1250. The van der Waals surface area contributed by atoms with E-state index in [2.05, 4.69) is 10.2 Å². The second-order valence-corrected chi connectivity index (χ2v) is 9.08. The van der Waals surface area contributed by atoms with E-state index in [-0.39, 0.29) is 18.4 Å². The number of nitrogens with zero attached hydrogens (tertiary/aromatic N) is 5. The van der Waals surface area contributed by atoms with Gasteiger partial charge >= 0.3 is 0 Å². The molecule has 8 nitrogen and oxygen atoms in total. The number of hydrogen-bond acceptors (Lipinski definition) is 6. The van der Waals surface area contributed by atoms with Gasteiger partial charge < -0.3 is 14.7 Å². The van der Waals surface area contributed by atoms with Gasteiger partial charge in [0, 0.05) is 29.2 Å². The number of fused-ring (bicyclic) bond motifs is 3. The van der Waals surface area contributed by atoms with E-state index in [0.717, 1.165) is 22.5 Å². The van der Waals surface area contributed by atoms with Crippen LogP contribution in [0.3, 0.4) is 0 Å². The Labute approximate surface area is 202 Å². The van der Waals surface area contributed by atoms with Crippen LogP contribution < -0.4 is 4.74 Å². The number of aryl methyl sites for hydroxylation is 1. The predicted octanol–water partition coefficient (Wildman–Crippen LogP) is 3.50. The number of benzene rings is 2. The summed E-state index contributed by atoms with van der Waals surface area (Å²) in [4.78, 5) is 20.1. The molecule has 3 heterocycles. The molecule has 2 aliphatic rings. The largest absolute Gasteiger partial charge is 0.497 e. The number of aliphatic imine (C=N–C) groups is 1. The van der Waals surface area contributed by atoms with Gasteiger partial charge in [-0.15, -0.1) is 10.2 Å². The molecule has 0 aliphatic carbocycles. The van der Waals surface area contributed by atoms with E-state index in [0.29, 0.717) is 48.4 Å². The van der Waals surface area contributed by atoms with Gasteiger partial charge in [0.2, 0.25) is 5.91 Å². The molecule has 1 atom stereocenters. The number of hydrogen-bond donors (Lipinski definition) is 1. The highest BCUT2D eigenvalue weighted by atomic mass is 35.5. The summed E-state index contributed by atoms with van der Waals surface area (Å²) in [5.74, 6) is 2.03. The number of aliphatic hydroxyl groups excluding tert-OH is 1. The maximum atomic E-state index is 13.2. The quantitative estimate of drug-likeness (QED) is 0.618. The molecule has 1 N–H and O–H groups in total. The monoisotopic (exact) mass is 479 g/mol. The molecule has 1 amide bonds. The Hall–Kier alpha value is -3.23. The molecule has 9 heteroatoms. The molecule has 3 aromatic rings. The van der Waals surface area contributed by atoms with Gasteiger partial charge in [0.15, 0.2) is 5.82 Å². The SMILES string of the molecule is COc1ccc2c(c1)C(c1ccc(Cl)cc1)=N[C@@H](CC(=O)N1CCC(O)CC1)c1nnc(C)n1-2. The number of aliphatic hydroxyl groups is 1. The number of halogens is 1. The molecule has 1 saturated heterocycles. The number of likely N-dealkylation sites (tertiary alicyclic amines) is 1. The number of rotatable bonds is 4. The van der Waals surface area contributed by atoms with Gasteiger partial charge in [-0.2, -0.15) is 0 Å². The first kappa shape index (κ1) is 22.6. The van der Waals surface area contributed by atoms with Crippen LogP contribution in [-0.4, -0.2) is 62.7 Å². The molecule has 34 heavy (non-hydrogen) atoms. The minimum Gasteiger partial charge on any atom is -0.497 e. The van der Waals surface area contributed by atoms with E-state index >= 15 is 0 Å². The number of methoxy groups -OCH3 is 1. The highest BCUT2D eigenvalue weighted by molar-refractivity contribution is 6.30. The zero-order valence-corrected chi connectivity index (χ0v) is 19.9. The number of amides is 1. The molecule has 0 bridgehead atoms. The zero-order valence-electron chi connectivity index (χ0n) is 19.1. The van der Waals surface area contributed by atoms with Crippen molar-refractivity contribution in [3.05, 3.63) is 70.3 Å². The smallest absolute Gasteiger partial charge is 0.225 e. The van der Waals surface area contributed by atoms with Crippen LogP contribution in [0.5, 0.6) is 5.75 Å². The summed E-state index contributed by atoms with van der Waals surface area (Å²) in [5, 5.41) is 19.2. The minimum atomic E-state index is -0.523. The summed E-state index contributed by atoms with van der Waals surface area (Å²) in [7, 11) is 1.63. The van der Waals surface area contributed by atoms with Gasteiger partial charge in [0.1, 0.15) is 17.6 Å². The first-order valence-corrected chi connectivity index (χ1v) is 11.7. The fourth-order valence-electron chi connectivity index (χ4n) is 4.59. The maximum Gasteiger partial charge on any atom is 0.225 e. The fraction of sp³-hybridized carbons (Fsp3) is 0.360. The molecule has 0 unspecified atom stereocenters. The minimum absolute atomic E-state index is 0.00755. The van der Waals surface area contributed by atoms with Crippen molar-refractivity contribution < 1.29 is 14.6 Å². The van der Waals surface area contributed by atoms with Crippen molar-refractivity contribution >= 4 is 23.2 Å². The standard InChI is InChI=1S/C25H26ClN5O3/c1-15-28-29-25-21(14-23(33)30-11-9-18(32)10-12-30)27-24(16-3-5-17(26)6-4-16)20-13-19(34-2)7-8-22(20)31(15)25/h3-8,13,18,21,32H,9-12,14H2,1-2H3/t21-/m0/s1. The molecule has 176 valence electrons. The summed E-state index contributed by atoms with van der Waals surface area (Å²) in [6.07, 6.45) is 1.01. The lowest BCUT2D eigenvalue weighted by Crippen LogP contribution is -2.40. The summed E-state index contributed by atoms with van der Waals surface area (Å²) in [6.45, 7) is 2.98. The second kappa shape index (κ2) is 9.19. The molecule has 1 fully saturated rings. The van der Waals surface area contributed by atoms with Crippen molar-refractivity contribution in [3.63, 3.8) is 0 Å². The van der Waals surface area contributed by atoms with E-state index in [1.165, 1.54) is 0 Å². The molecule has 0 saturated carbocycles. The Morgan fingerprint density at radius 1 is 1.15 bits per heavy atom. The Balaban J connectivity index is 1.62. The topological polar surface area (TPSA) is 92.8 Å². The van der Waals surface area contributed by atoms with Crippen LogP contribution in [-0.2, 0) is 4.79 Å². The zero-order chi connectivity index (χ0) is 23.8. The van der Waals surface area contributed by atoms with Gasteiger partial charge in [0.25, 0.3) is 0 Å². The molecule has 5 rings (SSSR count). The van der Waals surface area contributed by atoms with Crippen molar-refractivity contribution in [1.82, 2.24) is 19.7 Å². The first-order valence-electron chi connectivity index (χ1n) is 11.3. The predicted molar refractivity (Wildman–Crippen MR) is 129 cm³/mol. The molecule has 0 radical (unpaired) electrons. The second-order valence-electron chi connectivity index (χ2n) is 8.64. The van der Waals surface area contributed by atoms with Crippen molar-refractivity contribution in [2.75, 3.05) is 20.2 Å². The average molecular weight is 480 g/mol. The van der Waals surface area contributed by atoms with Crippen LogP contribution in [0, 0.1) is 6.92 Å². The highest BCUT2D eigenvalue weighted by Crippen LogP contribution is 2.35. The van der Waals surface area contributed by atoms with Crippen molar-refractivity contribution in [2.45, 2.75) is 38.3 Å². The molecule has 0 spiro atoms. The number of aromatic nitrogens is 3. The molecule has 1 aromatic heterocycles. The summed E-state index contributed by atoms with van der Waals surface area (Å²) < 4.78 is 7.48. The van der Waals surface area contributed by atoms with Gasteiger partial charge in [-0.3, -0.25) is 14.4 Å². The lowest BCUT2D eigenvalue weighted by atomic mass is 10.00. The van der Waals surface area contributed by atoms with E-state index in [1.54, 1.807) is 12.0 Å². The van der Waals surface area contributed by atoms with E-state index in [1.807, 2.05) is 54.0 Å². The molecular weight excluding hydrogens is 454 g/mol. The highest BCUT2D eigenvalue weighted by Gasteiger charge is 2.32. The van der Waals surface area contributed by atoms with Crippen LogP contribution in [0.4, 0.5) is 0 Å². The first-order chi connectivity index (χ1) is 16.4. The van der Waals surface area contributed by atoms with E-state index < -0.39 is 6.04 Å². The number of carbonyl (C=O) groups excluding carboxylic acids is 1. The summed E-state index contributed by atoms with van der Waals surface area (Å²) >= 11 is 6.15. The fourth-order valence-corrected chi connectivity index (χ4v) is 4.71. The molecule has 2 aliphatic heterocycles. The van der Waals surface area contributed by atoms with E-state index in [9.17, 15) is 9.90 Å². The lowest BCUT2D eigenvalue weighted by molar-refractivity contribution is -0.133. The van der Waals surface area contributed by atoms with Gasteiger partial charge in [0.05, 0.1) is 31.0 Å². The van der Waals surface area contributed by atoms with Gasteiger partial charge in [-0.1, -0.05) is 23.7 Å². The number of piperidine rings is 1. The average Bonchev–Trinajstić information content (AvgIpc) is 3.17. The summed E-state index contributed by atoms with van der Waals surface area (Å²) in [5.41, 5.74) is 3.36. The van der Waals surface area contributed by atoms with Crippen molar-refractivity contribution in [1.29, 1.82) is 0 Å². The number of ether oxygens (including phenoxy) is 1. The number of carbonyl (C=O) groups is 1. The normalized spacial score (nSPS) is 18.1. The maximum absolute atomic E-state index is 13.2. The third-order valence-corrected chi connectivity index (χ3v) is 6.69. The summed E-state index contributed by atoms with van der Waals surface area (Å²) in [6, 6.07) is 12.8. The van der Waals surface area contributed by atoms with Crippen LogP contribution in [0.2, 0.25) is 5.02 Å². The van der Waals surface area contributed by atoms with Crippen molar-refractivity contribution in [2.24, 2.45) is 4.99 Å². The lowest BCUT2D eigenvalue weighted by Gasteiger charge is -2.30. The third-order valence-electron chi connectivity index (χ3n) is 6.44. The Kier molecular flexibility index (Phi) is 6.10. The molecular formula is C25H26ClN5O3. The van der Waals surface area contributed by atoms with Crippen LogP contribution in [0.15, 0.2) is 47.5 Å². The molecule has 2 aromatic carbocycles. The van der Waals surface area contributed by atoms with Crippen LogP contribution >= 0.6 is 11.6 Å². The van der Waals surface area contributed by atoms with Gasteiger partial charge in [-0.05, 0) is 50.1 Å². The van der Waals surface area contributed by atoms with Crippen LogP contribution in [0.25, 0.3) is 5.69 Å². The third kappa shape index (κ3) is 4.19. The van der Waals surface area contributed by atoms with Crippen LogP contribution in [0.1, 0.15) is 48.1 Å². The van der Waals surface area contributed by atoms with E-state index in [4.69, 9.17) is 21.3 Å². The Morgan fingerprint density at radius 3 is 2.59 bits per heavy atom. The van der Waals surface area contributed by atoms with Crippen molar-refractivity contribution in [3.8, 4) is 11.4 Å². The Morgan fingerprint density at radius 2 is 1.88 bits per heavy atom. The van der Waals surface area contributed by atoms with Gasteiger partial charge in [-0.25, -0.2) is 0 Å².